The molecule has 6 nitrogen and oxygen atoms in total. The number of hydrogen-bond donors (Lipinski definition) is 2. The summed E-state index contributed by atoms with van der Waals surface area (Å²) in [5.41, 5.74) is 9.26. The van der Waals surface area contributed by atoms with E-state index >= 15 is 0 Å². The SMILES string of the molecule is NC1CCC=C(c2ccc(F)cc2)C1COc1ccc(S(=O)(=O)Nc2cscn2)c(F)c1F. The molecule has 1 aliphatic carbocycles. The zero-order chi connectivity index (χ0) is 23.6. The summed E-state index contributed by atoms with van der Waals surface area (Å²) in [4.78, 5) is 2.91. The first kappa shape index (κ1) is 23.3. The number of benzene rings is 2. The third-order valence-electron chi connectivity index (χ3n) is 5.35. The largest absolute Gasteiger partial charge is 0.490 e. The lowest BCUT2D eigenvalue weighted by Gasteiger charge is -2.30. The number of hydrogen-bond acceptors (Lipinski definition) is 6. The zero-order valence-electron chi connectivity index (χ0n) is 17.2. The number of nitrogens with zero attached hydrogens (tertiary/aromatic N) is 1. The zero-order valence-corrected chi connectivity index (χ0v) is 18.8. The first-order valence-electron chi connectivity index (χ1n) is 9.99. The monoisotopic (exact) mass is 495 g/mol. The van der Waals surface area contributed by atoms with Crippen molar-refractivity contribution in [2.24, 2.45) is 11.7 Å². The van der Waals surface area contributed by atoms with Crippen LogP contribution in [-0.4, -0.2) is 26.1 Å². The van der Waals surface area contributed by atoms with Crippen LogP contribution in [-0.2, 0) is 10.0 Å². The Hall–Kier alpha value is -2.89. The lowest BCUT2D eigenvalue weighted by Crippen LogP contribution is -2.37. The summed E-state index contributed by atoms with van der Waals surface area (Å²) in [7, 11) is -4.38. The molecule has 0 bridgehead atoms. The molecule has 174 valence electrons. The predicted octanol–water partition coefficient (Wildman–Crippen LogP) is 4.56. The number of sulfonamides is 1. The van der Waals surface area contributed by atoms with Crippen LogP contribution in [0.3, 0.4) is 0 Å². The fraction of sp³-hybridized carbons (Fsp3) is 0.227. The molecule has 11 heteroatoms. The molecule has 0 aliphatic heterocycles. The van der Waals surface area contributed by atoms with E-state index in [1.807, 2.05) is 6.08 Å². The van der Waals surface area contributed by atoms with Crippen molar-refractivity contribution in [3.8, 4) is 5.75 Å². The van der Waals surface area contributed by atoms with Crippen molar-refractivity contribution in [3.05, 3.63) is 76.4 Å². The molecular formula is C22H20F3N3O3S2. The van der Waals surface area contributed by atoms with Gasteiger partial charge in [0.15, 0.2) is 17.4 Å². The number of nitrogens with one attached hydrogen (secondary N) is 1. The summed E-state index contributed by atoms with van der Waals surface area (Å²) < 4.78 is 75.1. The smallest absolute Gasteiger partial charge is 0.266 e. The van der Waals surface area contributed by atoms with Crippen molar-refractivity contribution in [3.63, 3.8) is 0 Å². The minimum Gasteiger partial charge on any atom is -0.490 e. The van der Waals surface area contributed by atoms with Crippen molar-refractivity contribution in [2.75, 3.05) is 11.3 Å². The van der Waals surface area contributed by atoms with Crippen molar-refractivity contribution in [1.29, 1.82) is 0 Å². The molecule has 33 heavy (non-hydrogen) atoms. The average Bonchev–Trinajstić information content (AvgIpc) is 3.28. The second-order valence-electron chi connectivity index (χ2n) is 7.49. The summed E-state index contributed by atoms with van der Waals surface area (Å²) in [6, 6.07) is 7.61. The van der Waals surface area contributed by atoms with Gasteiger partial charge < -0.3 is 10.5 Å². The molecule has 1 heterocycles. The van der Waals surface area contributed by atoms with Crippen LogP contribution in [0.4, 0.5) is 19.0 Å². The van der Waals surface area contributed by atoms with Gasteiger partial charge in [-0.15, -0.1) is 11.3 Å². The second kappa shape index (κ2) is 9.54. The molecule has 2 unspecified atom stereocenters. The van der Waals surface area contributed by atoms with Gasteiger partial charge in [-0.1, -0.05) is 18.2 Å². The average molecular weight is 496 g/mol. The maximum absolute atomic E-state index is 14.7. The minimum atomic E-state index is -4.38. The fourth-order valence-corrected chi connectivity index (χ4v) is 5.30. The number of thiazole rings is 1. The van der Waals surface area contributed by atoms with E-state index in [1.54, 1.807) is 12.1 Å². The Labute approximate surface area is 193 Å². The van der Waals surface area contributed by atoms with Gasteiger partial charge in [-0.05, 0) is 48.2 Å². The lowest BCUT2D eigenvalue weighted by atomic mass is 9.81. The van der Waals surface area contributed by atoms with E-state index in [0.717, 1.165) is 41.0 Å². The molecule has 2 atom stereocenters. The summed E-state index contributed by atoms with van der Waals surface area (Å²) in [5.74, 6) is -4.13. The van der Waals surface area contributed by atoms with Gasteiger partial charge in [0.05, 0.1) is 12.1 Å². The molecule has 0 fully saturated rings. The van der Waals surface area contributed by atoms with Crippen molar-refractivity contribution >= 4 is 32.8 Å². The van der Waals surface area contributed by atoms with Crippen LogP contribution in [0.5, 0.6) is 5.75 Å². The number of nitrogens with two attached hydrogens (primary N) is 1. The molecule has 0 amide bonds. The van der Waals surface area contributed by atoms with Crippen LogP contribution in [0.25, 0.3) is 5.57 Å². The second-order valence-corrected chi connectivity index (χ2v) is 9.86. The number of anilines is 1. The van der Waals surface area contributed by atoms with E-state index in [2.05, 4.69) is 9.71 Å². The maximum atomic E-state index is 14.7. The maximum Gasteiger partial charge on any atom is 0.266 e. The molecule has 0 saturated heterocycles. The van der Waals surface area contributed by atoms with Gasteiger partial charge in [0.1, 0.15) is 10.7 Å². The van der Waals surface area contributed by atoms with Gasteiger partial charge in [-0.25, -0.2) is 22.2 Å². The Balaban J connectivity index is 1.54. The van der Waals surface area contributed by atoms with E-state index in [-0.39, 0.29) is 30.2 Å². The molecule has 3 aromatic rings. The van der Waals surface area contributed by atoms with Gasteiger partial charge in [0, 0.05) is 17.3 Å². The van der Waals surface area contributed by atoms with Crippen LogP contribution in [0.15, 0.2) is 58.3 Å². The Kier molecular flexibility index (Phi) is 6.73. The molecule has 4 rings (SSSR count). The number of halogens is 3. The fourth-order valence-electron chi connectivity index (χ4n) is 3.67. The van der Waals surface area contributed by atoms with E-state index < -0.39 is 32.3 Å². The molecule has 1 aliphatic rings. The normalized spacial score (nSPS) is 18.6. The highest BCUT2D eigenvalue weighted by atomic mass is 32.2. The highest BCUT2D eigenvalue weighted by Crippen LogP contribution is 2.34. The standard InChI is InChI=1S/C22H20F3N3O3S2/c23-14-6-4-13(5-7-14)15-2-1-3-17(26)16(15)10-31-18-8-9-19(22(25)21(18)24)33(29,30)28-20-11-32-12-27-20/h2,4-9,11-12,16-17,28H,1,3,10,26H2. The predicted molar refractivity (Wildman–Crippen MR) is 120 cm³/mol. The summed E-state index contributed by atoms with van der Waals surface area (Å²) in [5, 5.41) is 1.42. The minimum absolute atomic E-state index is 0.00605. The molecule has 1 aromatic heterocycles. The molecule has 0 saturated carbocycles. The van der Waals surface area contributed by atoms with Gasteiger partial charge in [0.25, 0.3) is 10.0 Å². The molecular weight excluding hydrogens is 475 g/mol. The topological polar surface area (TPSA) is 94.3 Å². The molecule has 2 aromatic carbocycles. The van der Waals surface area contributed by atoms with E-state index in [4.69, 9.17) is 10.5 Å². The highest BCUT2D eigenvalue weighted by Gasteiger charge is 2.29. The van der Waals surface area contributed by atoms with Crippen molar-refractivity contribution in [2.45, 2.75) is 23.8 Å². The number of allylic oxidation sites excluding steroid dienone is 1. The Bertz CT molecular complexity index is 1260. The Morgan fingerprint density at radius 1 is 1.12 bits per heavy atom. The van der Waals surface area contributed by atoms with Gasteiger partial charge in [0.2, 0.25) is 5.82 Å². The van der Waals surface area contributed by atoms with E-state index in [1.165, 1.54) is 23.0 Å². The van der Waals surface area contributed by atoms with Crippen LogP contribution in [0.2, 0.25) is 0 Å². The molecule has 3 N–H and O–H groups in total. The van der Waals surface area contributed by atoms with Crippen molar-refractivity contribution < 1.29 is 26.3 Å². The summed E-state index contributed by atoms with van der Waals surface area (Å²) >= 11 is 1.15. The number of aromatic nitrogens is 1. The van der Waals surface area contributed by atoms with E-state index in [9.17, 15) is 21.6 Å². The van der Waals surface area contributed by atoms with Gasteiger partial charge in [-0.3, -0.25) is 4.72 Å². The highest BCUT2D eigenvalue weighted by molar-refractivity contribution is 7.92. The lowest BCUT2D eigenvalue weighted by molar-refractivity contribution is 0.240. The summed E-state index contributed by atoms with van der Waals surface area (Å²) in [6.07, 6.45) is 3.38. The third kappa shape index (κ3) is 5.05. The van der Waals surface area contributed by atoms with Crippen LogP contribution < -0.4 is 15.2 Å². The Morgan fingerprint density at radius 3 is 2.58 bits per heavy atom. The van der Waals surface area contributed by atoms with Crippen LogP contribution >= 0.6 is 11.3 Å². The third-order valence-corrected chi connectivity index (χ3v) is 7.31. The first-order chi connectivity index (χ1) is 15.8. The quantitative estimate of drug-likeness (QED) is 0.501. The number of rotatable bonds is 7. The van der Waals surface area contributed by atoms with Gasteiger partial charge in [-0.2, -0.15) is 4.39 Å². The molecule has 0 radical (unpaired) electrons. The van der Waals surface area contributed by atoms with E-state index in [0.29, 0.717) is 6.42 Å². The van der Waals surface area contributed by atoms with Crippen LogP contribution in [0, 0.1) is 23.4 Å². The van der Waals surface area contributed by atoms with Crippen molar-refractivity contribution in [1.82, 2.24) is 4.98 Å². The number of ether oxygens (including phenoxy) is 1. The molecule has 0 spiro atoms. The van der Waals surface area contributed by atoms with Crippen LogP contribution in [0.1, 0.15) is 18.4 Å². The Morgan fingerprint density at radius 2 is 1.88 bits per heavy atom. The summed E-state index contributed by atoms with van der Waals surface area (Å²) in [6.45, 7) is -0.0656. The first-order valence-corrected chi connectivity index (χ1v) is 12.4. The van der Waals surface area contributed by atoms with Gasteiger partial charge >= 0.3 is 0 Å².